The maximum atomic E-state index is 12.7. The molecule has 1 saturated carbocycles. The van der Waals surface area contributed by atoms with Crippen molar-refractivity contribution < 1.29 is 9.59 Å². The highest BCUT2D eigenvalue weighted by atomic mass is 79.9. The molecule has 4 rings (SSSR count). The van der Waals surface area contributed by atoms with E-state index in [0.717, 1.165) is 54.5 Å². The van der Waals surface area contributed by atoms with E-state index in [-0.39, 0.29) is 11.8 Å². The zero-order chi connectivity index (χ0) is 19.5. The Balaban J connectivity index is 1.44. The molecule has 1 N–H and O–H groups in total. The third kappa shape index (κ3) is 4.27. The highest BCUT2D eigenvalue weighted by molar-refractivity contribution is 9.10. The SMILES string of the molecule is O=C(NCCN1CCCCCC1=O)c1nnn(-c2ccc(Br)cc2)c1C1CC1. The van der Waals surface area contributed by atoms with Gasteiger partial charge in [-0.3, -0.25) is 9.59 Å². The third-order valence-corrected chi connectivity index (χ3v) is 5.82. The van der Waals surface area contributed by atoms with Gasteiger partial charge in [0, 0.05) is 36.4 Å². The molecule has 2 aliphatic rings. The minimum Gasteiger partial charge on any atom is -0.349 e. The molecule has 28 heavy (non-hydrogen) atoms. The lowest BCUT2D eigenvalue weighted by Crippen LogP contribution is -2.38. The summed E-state index contributed by atoms with van der Waals surface area (Å²) in [7, 11) is 0. The highest BCUT2D eigenvalue weighted by Crippen LogP contribution is 2.42. The largest absolute Gasteiger partial charge is 0.349 e. The fourth-order valence-electron chi connectivity index (χ4n) is 3.61. The second-order valence-corrected chi connectivity index (χ2v) is 8.35. The molecule has 1 aliphatic heterocycles. The number of carbonyl (C=O) groups is 2. The first kappa shape index (κ1) is 19.1. The maximum Gasteiger partial charge on any atom is 0.273 e. The van der Waals surface area contributed by atoms with Gasteiger partial charge in [0.15, 0.2) is 5.69 Å². The molecule has 2 heterocycles. The summed E-state index contributed by atoms with van der Waals surface area (Å²) in [6.07, 6.45) is 5.80. The fraction of sp³-hybridized carbons (Fsp3) is 0.500. The van der Waals surface area contributed by atoms with Crippen molar-refractivity contribution in [3.05, 3.63) is 40.1 Å². The van der Waals surface area contributed by atoms with Gasteiger partial charge >= 0.3 is 0 Å². The Hall–Kier alpha value is -2.22. The number of rotatable bonds is 6. The lowest BCUT2D eigenvalue weighted by molar-refractivity contribution is -0.130. The second-order valence-electron chi connectivity index (χ2n) is 7.43. The number of nitrogens with one attached hydrogen (secondary N) is 1. The van der Waals surface area contributed by atoms with Crippen molar-refractivity contribution in [2.45, 2.75) is 44.4 Å². The van der Waals surface area contributed by atoms with Crippen LogP contribution < -0.4 is 5.32 Å². The normalized spacial score (nSPS) is 17.5. The molecule has 7 nitrogen and oxygen atoms in total. The summed E-state index contributed by atoms with van der Waals surface area (Å²) in [4.78, 5) is 26.7. The molecule has 1 aliphatic carbocycles. The summed E-state index contributed by atoms with van der Waals surface area (Å²) in [5.74, 6) is 0.297. The number of benzene rings is 1. The standard InChI is InChI=1S/C20H24BrN5O2/c21-15-7-9-16(10-8-15)26-19(14-5-6-14)18(23-24-26)20(28)22-11-13-25-12-3-1-2-4-17(25)27/h7-10,14H,1-6,11-13H2,(H,22,28). The first-order valence-corrected chi connectivity index (χ1v) is 10.7. The number of hydrogen-bond acceptors (Lipinski definition) is 4. The Kier molecular flexibility index (Phi) is 5.75. The molecule has 2 fully saturated rings. The van der Waals surface area contributed by atoms with Crippen LogP contribution in [0.5, 0.6) is 0 Å². The van der Waals surface area contributed by atoms with Gasteiger partial charge in [-0.2, -0.15) is 0 Å². The topological polar surface area (TPSA) is 80.1 Å². The van der Waals surface area contributed by atoms with Gasteiger partial charge in [-0.25, -0.2) is 4.68 Å². The molecular formula is C20H24BrN5O2. The molecule has 1 saturated heterocycles. The fourth-order valence-corrected chi connectivity index (χ4v) is 3.87. The molecule has 1 aromatic heterocycles. The van der Waals surface area contributed by atoms with Crippen molar-refractivity contribution in [3.8, 4) is 5.69 Å². The quantitative estimate of drug-likeness (QED) is 0.740. The zero-order valence-corrected chi connectivity index (χ0v) is 17.3. The summed E-state index contributed by atoms with van der Waals surface area (Å²) in [6, 6.07) is 7.81. The van der Waals surface area contributed by atoms with E-state index in [1.165, 1.54) is 0 Å². The van der Waals surface area contributed by atoms with Crippen LogP contribution in [-0.4, -0.2) is 51.3 Å². The molecular weight excluding hydrogens is 422 g/mol. The molecule has 1 aromatic carbocycles. The summed E-state index contributed by atoms with van der Waals surface area (Å²) in [5, 5.41) is 11.4. The van der Waals surface area contributed by atoms with Crippen LogP contribution in [0.2, 0.25) is 0 Å². The lowest BCUT2D eigenvalue weighted by atomic mass is 10.2. The molecule has 0 bridgehead atoms. The van der Waals surface area contributed by atoms with Crippen molar-refractivity contribution in [3.63, 3.8) is 0 Å². The van der Waals surface area contributed by atoms with Crippen LogP contribution in [-0.2, 0) is 4.79 Å². The first-order valence-electron chi connectivity index (χ1n) is 9.91. The van der Waals surface area contributed by atoms with Crippen LogP contribution in [0.15, 0.2) is 28.7 Å². The number of halogens is 1. The van der Waals surface area contributed by atoms with E-state index in [1.54, 1.807) is 4.68 Å². The molecule has 0 spiro atoms. The van der Waals surface area contributed by atoms with Gasteiger partial charge in [0.05, 0.1) is 11.4 Å². The summed E-state index contributed by atoms with van der Waals surface area (Å²) in [6.45, 7) is 1.76. The van der Waals surface area contributed by atoms with Crippen LogP contribution in [0.1, 0.15) is 60.6 Å². The number of likely N-dealkylation sites (tertiary alicyclic amines) is 1. The average Bonchev–Trinajstić information content (AvgIpc) is 3.47. The minimum absolute atomic E-state index is 0.187. The van der Waals surface area contributed by atoms with Crippen LogP contribution in [0.3, 0.4) is 0 Å². The molecule has 148 valence electrons. The van der Waals surface area contributed by atoms with E-state index in [2.05, 4.69) is 31.6 Å². The lowest BCUT2D eigenvalue weighted by Gasteiger charge is -2.20. The minimum atomic E-state index is -0.215. The summed E-state index contributed by atoms with van der Waals surface area (Å²) >= 11 is 3.44. The number of amides is 2. The predicted octanol–water partition coefficient (Wildman–Crippen LogP) is 3.04. The van der Waals surface area contributed by atoms with Crippen LogP contribution in [0.4, 0.5) is 0 Å². The number of nitrogens with zero attached hydrogens (tertiary/aromatic N) is 4. The summed E-state index contributed by atoms with van der Waals surface area (Å²) in [5.41, 5.74) is 2.17. The van der Waals surface area contributed by atoms with Crippen molar-refractivity contribution in [2.24, 2.45) is 0 Å². The Morgan fingerprint density at radius 1 is 1.18 bits per heavy atom. The van der Waals surface area contributed by atoms with E-state index in [9.17, 15) is 9.59 Å². The van der Waals surface area contributed by atoms with Crippen LogP contribution >= 0.6 is 15.9 Å². The van der Waals surface area contributed by atoms with Crippen molar-refractivity contribution in [2.75, 3.05) is 19.6 Å². The van der Waals surface area contributed by atoms with Gasteiger partial charge in [0.25, 0.3) is 5.91 Å². The predicted molar refractivity (Wildman–Crippen MR) is 108 cm³/mol. The van der Waals surface area contributed by atoms with Gasteiger partial charge in [-0.15, -0.1) is 5.10 Å². The van der Waals surface area contributed by atoms with Crippen molar-refractivity contribution in [1.29, 1.82) is 0 Å². The van der Waals surface area contributed by atoms with Crippen LogP contribution in [0.25, 0.3) is 5.69 Å². The highest BCUT2D eigenvalue weighted by Gasteiger charge is 2.34. The Bertz CT molecular complexity index is 860. The molecule has 0 radical (unpaired) electrons. The third-order valence-electron chi connectivity index (χ3n) is 5.29. The van der Waals surface area contributed by atoms with Gasteiger partial charge in [-0.05, 0) is 49.9 Å². The van der Waals surface area contributed by atoms with E-state index in [1.807, 2.05) is 29.2 Å². The molecule has 0 unspecified atom stereocenters. The van der Waals surface area contributed by atoms with Gasteiger partial charge < -0.3 is 10.2 Å². The molecule has 2 amide bonds. The maximum absolute atomic E-state index is 12.7. The second kappa shape index (κ2) is 8.43. The summed E-state index contributed by atoms with van der Waals surface area (Å²) < 4.78 is 2.77. The number of hydrogen-bond donors (Lipinski definition) is 1. The van der Waals surface area contributed by atoms with Gasteiger partial charge in [-0.1, -0.05) is 27.6 Å². The number of carbonyl (C=O) groups excluding carboxylic acids is 2. The van der Waals surface area contributed by atoms with Crippen molar-refractivity contribution in [1.82, 2.24) is 25.2 Å². The van der Waals surface area contributed by atoms with Gasteiger partial charge in [0.2, 0.25) is 5.91 Å². The molecule has 8 heteroatoms. The van der Waals surface area contributed by atoms with E-state index in [4.69, 9.17) is 0 Å². The Morgan fingerprint density at radius 3 is 2.71 bits per heavy atom. The first-order chi connectivity index (χ1) is 13.6. The average molecular weight is 446 g/mol. The van der Waals surface area contributed by atoms with E-state index < -0.39 is 0 Å². The smallest absolute Gasteiger partial charge is 0.273 e. The Morgan fingerprint density at radius 2 is 1.96 bits per heavy atom. The monoisotopic (exact) mass is 445 g/mol. The Labute approximate surface area is 172 Å². The zero-order valence-electron chi connectivity index (χ0n) is 15.7. The van der Waals surface area contributed by atoms with Gasteiger partial charge in [0.1, 0.15) is 0 Å². The molecule has 2 aromatic rings. The van der Waals surface area contributed by atoms with Crippen LogP contribution in [0, 0.1) is 0 Å². The number of aromatic nitrogens is 3. The van der Waals surface area contributed by atoms with Crippen molar-refractivity contribution >= 4 is 27.7 Å². The molecule has 0 atom stereocenters. The van der Waals surface area contributed by atoms with E-state index >= 15 is 0 Å². The van der Waals surface area contributed by atoms with E-state index in [0.29, 0.717) is 31.1 Å².